The number of halogens is 4. The van der Waals surface area contributed by atoms with Gasteiger partial charge in [0, 0.05) is 24.3 Å². The molecule has 0 bridgehead atoms. The number of rotatable bonds is 2. The molecule has 0 saturated heterocycles. The molecule has 0 aromatic carbocycles. The van der Waals surface area contributed by atoms with E-state index >= 15 is 0 Å². The molecule has 3 heterocycles. The van der Waals surface area contributed by atoms with Crippen molar-refractivity contribution in [3.63, 3.8) is 0 Å². The maximum atomic E-state index is 12.5. The van der Waals surface area contributed by atoms with Crippen molar-refractivity contribution in [3.05, 3.63) is 35.4 Å². The molecule has 0 N–H and O–H groups in total. The molecule has 2 aromatic rings. The van der Waals surface area contributed by atoms with Crippen molar-refractivity contribution >= 4 is 21.9 Å². The zero-order chi connectivity index (χ0) is 15.0. The Morgan fingerprint density at radius 1 is 1.19 bits per heavy atom. The molecule has 0 atom stereocenters. The average molecular weight is 362 g/mol. The molecule has 112 valence electrons. The summed E-state index contributed by atoms with van der Waals surface area (Å²) in [4.78, 5) is 9.49. The number of hydrogen-bond acceptors (Lipinski definition) is 4. The first-order valence-corrected chi connectivity index (χ1v) is 7.35. The van der Waals surface area contributed by atoms with Crippen LogP contribution in [0.2, 0.25) is 0 Å². The van der Waals surface area contributed by atoms with Gasteiger partial charge in [-0.3, -0.25) is 4.68 Å². The molecule has 1 aliphatic rings. The van der Waals surface area contributed by atoms with Gasteiger partial charge in [0.05, 0.1) is 30.0 Å². The predicted octanol–water partition coefficient (Wildman–Crippen LogP) is 2.61. The average Bonchev–Trinajstić information content (AvgIpc) is 2.88. The summed E-state index contributed by atoms with van der Waals surface area (Å²) in [5.41, 5.74) is 1.09. The van der Waals surface area contributed by atoms with Crippen LogP contribution in [0.3, 0.4) is 0 Å². The number of aromatic nitrogens is 4. The Morgan fingerprint density at radius 3 is 2.52 bits per heavy atom. The van der Waals surface area contributed by atoms with Gasteiger partial charge in [-0.15, -0.1) is 0 Å². The fraction of sp³-hybridized carbons (Fsp3) is 0.417. The van der Waals surface area contributed by atoms with Crippen molar-refractivity contribution in [3.8, 4) is 0 Å². The van der Waals surface area contributed by atoms with E-state index in [2.05, 4.69) is 31.0 Å². The third-order valence-corrected chi connectivity index (χ3v) is 3.81. The Balaban J connectivity index is 1.79. The third kappa shape index (κ3) is 2.87. The first kappa shape index (κ1) is 14.3. The summed E-state index contributed by atoms with van der Waals surface area (Å²) in [7, 11) is 0. The number of anilines is 1. The van der Waals surface area contributed by atoms with Gasteiger partial charge in [-0.1, -0.05) is 15.9 Å². The maximum Gasteiger partial charge on any atom is 0.419 e. The molecule has 0 fully saturated rings. The second kappa shape index (κ2) is 5.28. The molecule has 0 spiro atoms. The first-order chi connectivity index (χ1) is 9.97. The van der Waals surface area contributed by atoms with Crippen LogP contribution in [0.15, 0.2) is 18.5 Å². The molecule has 3 rings (SSSR count). The first-order valence-electron chi connectivity index (χ1n) is 6.23. The fourth-order valence-electron chi connectivity index (χ4n) is 2.19. The van der Waals surface area contributed by atoms with Crippen LogP contribution in [0.25, 0.3) is 0 Å². The maximum absolute atomic E-state index is 12.5. The molecule has 0 saturated carbocycles. The topological polar surface area (TPSA) is 46.8 Å². The van der Waals surface area contributed by atoms with Crippen LogP contribution < -0.4 is 4.90 Å². The lowest BCUT2D eigenvalue weighted by Crippen LogP contribution is -2.35. The largest absolute Gasteiger partial charge is 0.419 e. The van der Waals surface area contributed by atoms with E-state index in [4.69, 9.17) is 0 Å². The van der Waals surface area contributed by atoms with E-state index in [-0.39, 0.29) is 0 Å². The fourth-order valence-corrected chi connectivity index (χ4v) is 2.47. The van der Waals surface area contributed by atoms with Crippen molar-refractivity contribution in [2.75, 3.05) is 11.4 Å². The molecule has 0 unspecified atom stereocenters. The normalized spacial score (nSPS) is 15.1. The quantitative estimate of drug-likeness (QED) is 0.771. The summed E-state index contributed by atoms with van der Waals surface area (Å²) in [6.45, 7) is 1.81. The molecule has 2 aromatic heterocycles. The van der Waals surface area contributed by atoms with E-state index in [1.807, 2.05) is 15.6 Å². The summed E-state index contributed by atoms with van der Waals surface area (Å²) in [5, 5.41) is 5.07. The van der Waals surface area contributed by atoms with Crippen LogP contribution in [0.5, 0.6) is 0 Å². The van der Waals surface area contributed by atoms with E-state index in [9.17, 15) is 13.2 Å². The lowest BCUT2D eigenvalue weighted by Gasteiger charge is -2.27. The Morgan fingerprint density at radius 2 is 1.90 bits per heavy atom. The standard InChI is InChI=1S/C12H11BrF3N5/c13-4-9-3-10-7-20(1-2-21(10)19-9)11-17-5-8(6-18-11)12(14,15)16/h3,5-6H,1-2,4,7H2. The molecule has 0 radical (unpaired) electrons. The van der Waals surface area contributed by atoms with Crippen LogP contribution in [-0.4, -0.2) is 26.3 Å². The summed E-state index contributed by atoms with van der Waals surface area (Å²) >= 11 is 3.35. The summed E-state index contributed by atoms with van der Waals surface area (Å²) < 4.78 is 39.4. The molecule has 5 nitrogen and oxygen atoms in total. The highest BCUT2D eigenvalue weighted by Crippen LogP contribution is 2.28. The number of nitrogens with zero attached hydrogens (tertiary/aromatic N) is 5. The second-order valence-electron chi connectivity index (χ2n) is 4.67. The number of hydrogen-bond donors (Lipinski definition) is 0. The Kier molecular flexibility index (Phi) is 3.60. The van der Waals surface area contributed by atoms with Crippen molar-refractivity contribution in [1.29, 1.82) is 0 Å². The smallest absolute Gasteiger partial charge is 0.333 e. The molecule has 21 heavy (non-hydrogen) atoms. The summed E-state index contributed by atoms with van der Waals surface area (Å²) in [5.74, 6) is 0.302. The van der Waals surface area contributed by atoms with Gasteiger partial charge in [0.1, 0.15) is 0 Å². The lowest BCUT2D eigenvalue weighted by molar-refractivity contribution is -0.138. The zero-order valence-electron chi connectivity index (χ0n) is 10.8. The Bertz CT molecular complexity index is 637. The monoisotopic (exact) mass is 361 g/mol. The van der Waals surface area contributed by atoms with Gasteiger partial charge < -0.3 is 4.90 Å². The van der Waals surface area contributed by atoms with Crippen LogP contribution in [0.4, 0.5) is 19.1 Å². The molecule has 1 aliphatic heterocycles. The minimum atomic E-state index is -4.41. The molecule has 9 heteroatoms. The van der Waals surface area contributed by atoms with Crippen molar-refractivity contribution in [2.24, 2.45) is 0 Å². The number of alkyl halides is 4. The van der Waals surface area contributed by atoms with Gasteiger partial charge in [-0.05, 0) is 6.07 Å². The Hall–Kier alpha value is -1.64. The summed E-state index contributed by atoms with van der Waals surface area (Å²) in [6.07, 6.45) is -2.78. The van der Waals surface area contributed by atoms with Gasteiger partial charge in [0.25, 0.3) is 0 Å². The molecule has 0 amide bonds. The van der Waals surface area contributed by atoms with Gasteiger partial charge in [0.15, 0.2) is 0 Å². The van der Waals surface area contributed by atoms with Crippen molar-refractivity contribution in [1.82, 2.24) is 19.7 Å². The van der Waals surface area contributed by atoms with E-state index in [0.717, 1.165) is 23.8 Å². The third-order valence-electron chi connectivity index (χ3n) is 3.23. The highest BCUT2D eigenvalue weighted by atomic mass is 79.9. The number of fused-ring (bicyclic) bond motifs is 1. The van der Waals surface area contributed by atoms with Crippen molar-refractivity contribution in [2.45, 2.75) is 24.6 Å². The second-order valence-corrected chi connectivity index (χ2v) is 5.24. The zero-order valence-corrected chi connectivity index (χ0v) is 12.4. The van der Waals surface area contributed by atoms with Gasteiger partial charge in [-0.25, -0.2) is 9.97 Å². The van der Waals surface area contributed by atoms with Crippen LogP contribution >= 0.6 is 15.9 Å². The Labute approximate surface area is 126 Å². The van der Waals surface area contributed by atoms with E-state index in [1.54, 1.807) is 0 Å². The van der Waals surface area contributed by atoms with Gasteiger partial charge in [-0.2, -0.15) is 18.3 Å². The molecular formula is C12H11BrF3N5. The minimum absolute atomic E-state index is 0.302. The van der Waals surface area contributed by atoms with Gasteiger partial charge in [0.2, 0.25) is 5.95 Å². The highest BCUT2D eigenvalue weighted by molar-refractivity contribution is 9.08. The van der Waals surface area contributed by atoms with Crippen molar-refractivity contribution < 1.29 is 13.2 Å². The lowest BCUT2D eigenvalue weighted by atomic mass is 10.3. The highest BCUT2D eigenvalue weighted by Gasteiger charge is 2.31. The minimum Gasteiger partial charge on any atom is -0.333 e. The SMILES string of the molecule is FC(F)(F)c1cnc(N2CCn3nc(CBr)cc3C2)nc1. The van der Waals surface area contributed by atoms with Gasteiger partial charge >= 0.3 is 6.18 Å². The van der Waals surface area contributed by atoms with Crippen LogP contribution in [0.1, 0.15) is 17.0 Å². The van der Waals surface area contributed by atoms with E-state index in [1.165, 1.54) is 0 Å². The van der Waals surface area contributed by atoms with E-state index < -0.39 is 11.7 Å². The van der Waals surface area contributed by atoms with Crippen LogP contribution in [-0.2, 0) is 24.6 Å². The predicted molar refractivity (Wildman–Crippen MR) is 72.9 cm³/mol. The summed E-state index contributed by atoms with van der Waals surface area (Å²) in [6, 6.07) is 1.96. The molecule has 0 aliphatic carbocycles. The van der Waals surface area contributed by atoms with Crippen LogP contribution in [0, 0.1) is 0 Å². The molecular weight excluding hydrogens is 351 g/mol. The van der Waals surface area contributed by atoms with E-state index in [0.29, 0.717) is 30.9 Å².